The molecule has 0 saturated carbocycles. The van der Waals surface area contributed by atoms with E-state index < -0.39 is 5.97 Å². The van der Waals surface area contributed by atoms with E-state index in [1.54, 1.807) is 29.2 Å². The van der Waals surface area contributed by atoms with Gasteiger partial charge < -0.3 is 15.1 Å². The second-order valence-corrected chi connectivity index (χ2v) is 4.64. The number of phenolic OH excluding ortho intramolecular Hbond substituents is 1. The van der Waals surface area contributed by atoms with Crippen LogP contribution in [-0.2, 0) is 4.79 Å². The Hall–Kier alpha value is -1.71. The quantitative estimate of drug-likeness (QED) is 0.823. The zero-order chi connectivity index (χ0) is 12.3. The highest BCUT2D eigenvalue weighted by atomic mass is 16.4. The van der Waals surface area contributed by atoms with Gasteiger partial charge in [-0.15, -0.1) is 0 Å². The third-order valence-electron chi connectivity index (χ3n) is 2.28. The van der Waals surface area contributed by atoms with E-state index in [2.05, 4.69) is 0 Å². The van der Waals surface area contributed by atoms with Gasteiger partial charge in [0.1, 0.15) is 12.3 Å². The van der Waals surface area contributed by atoms with Crippen molar-refractivity contribution in [3.8, 4) is 5.75 Å². The smallest absolute Gasteiger partial charge is 0.323 e. The molecule has 0 heterocycles. The van der Waals surface area contributed by atoms with E-state index in [4.69, 9.17) is 5.11 Å². The summed E-state index contributed by atoms with van der Waals surface area (Å²) in [6, 6.07) is 6.75. The monoisotopic (exact) mass is 223 g/mol. The SMILES string of the molecule is CC(C)(C)N(CC(=O)O)c1ccccc1O. The predicted molar refractivity (Wildman–Crippen MR) is 62.8 cm³/mol. The molecular formula is C12H17NO3. The molecule has 0 amide bonds. The Labute approximate surface area is 95.1 Å². The van der Waals surface area contributed by atoms with Gasteiger partial charge >= 0.3 is 5.97 Å². The van der Waals surface area contributed by atoms with E-state index in [1.165, 1.54) is 0 Å². The highest BCUT2D eigenvalue weighted by Crippen LogP contribution is 2.31. The Kier molecular flexibility index (Phi) is 3.42. The van der Waals surface area contributed by atoms with Gasteiger partial charge in [0.05, 0.1) is 5.69 Å². The third-order valence-corrected chi connectivity index (χ3v) is 2.28. The van der Waals surface area contributed by atoms with Crippen LogP contribution in [0.15, 0.2) is 24.3 Å². The number of anilines is 1. The first-order valence-electron chi connectivity index (χ1n) is 5.10. The van der Waals surface area contributed by atoms with Gasteiger partial charge in [-0.1, -0.05) is 12.1 Å². The molecule has 4 heteroatoms. The minimum absolute atomic E-state index is 0.0960. The van der Waals surface area contributed by atoms with Crippen LogP contribution in [-0.4, -0.2) is 28.3 Å². The van der Waals surface area contributed by atoms with Crippen LogP contribution in [0.2, 0.25) is 0 Å². The molecule has 2 N–H and O–H groups in total. The number of aliphatic carboxylic acids is 1. The van der Waals surface area contributed by atoms with Crippen LogP contribution in [0, 0.1) is 0 Å². The number of hydrogen-bond donors (Lipinski definition) is 2. The lowest BCUT2D eigenvalue weighted by atomic mass is 10.0. The van der Waals surface area contributed by atoms with Crippen molar-refractivity contribution in [1.82, 2.24) is 0 Å². The third kappa shape index (κ3) is 2.89. The molecule has 0 spiro atoms. The molecule has 1 aromatic rings. The highest BCUT2D eigenvalue weighted by Gasteiger charge is 2.25. The van der Waals surface area contributed by atoms with Crippen molar-refractivity contribution in [3.63, 3.8) is 0 Å². The fourth-order valence-electron chi connectivity index (χ4n) is 1.51. The summed E-state index contributed by atoms with van der Waals surface area (Å²) in [4.78, 5) is 12.5. The van der Waals surface area contributed by atoms with E-state index in [9.17, 15) is 9.90 Å². The molecule has 0 bridgehead atoms. The lowest BCUT2D eigenvalue weighted by Gasteiger charge is -2.36. The van der Waals surface area contributed by atoms with E-state index >= 15 is 0 Å². The van der Waals surface area contributed by atoms with Crippen molar-refractivity contribution in [2.24, 2.45) is 0 Å². The van der Waals surface area contributed by atoms with Gasteiger partial charge in [-0.3, -0.25) is 4.79 Å². The molecule has 88 valence electrons. The van der Waals surface area contributed by atoms with Crippen LogP contribution in [0.25, 0.3) is 0 Å². The van der Waals surface area contributed by atoms with Gasteiger partial charge in [-0.05, 0) is 32.9 Å². The Bertz CT molecular complexity index is 382. The van der Waals surface area contributed by atoms with Crippen molar-refractivity contribution in [3.05, 3.63) is 24.3 Å². The van der Waals surface area contributed by atoms with Crippen molar-refractivity contribution in [2.75, 3.05) is 11.4 Å². The van der Waals surface area contributed by atoms with Crippen LogP contribution >= 0.6 is 0 Å². The molecule has 0 saturated heterocycles. The molecule has 0 fully saturated rings. The number of aromatic hydroxyl groups is 1. The van der Waals surface area contributed by atoms with E-state index in [0.29, 0.717) is 5.69 Å². The number of carboxylic acid groups (broad SMARTS) is 1. The summed E-state index contributed by atoms with van der Waals surface area (Å²) in [6.07, 6.45) is 0. The number of rotatable bonds is 3. The minimum atomic E-state index is -0.918. The maximum Gasteiger partial charge on any atom is 0.323 e. The lowest BCUT2D eigenvalue weighted by Crippen LogP contribution is -2.44. The zero-order valence-electron chi connectivity index (χ0n) is 9.77. The molecule has 1 rings (SSSR count). The first-order valence-corrected chi connectivity index (χ1v) is 5.10. The molecule has 0 aromatic heterocycles. The van der Waals surface area contributed by atoms with E-state index in [0.717, 1.165) is 0 Å². The average Bonchev–Trinajstić information content (AvgIpc) is 2.13. The summed E-state index contributed by atoms with van der Waals surface area (Å²) in [5, 5.41) is 18.6. The van der Waals surface area contributed by atoms with Crippen LogP contribution < -0.4 is 4.90 Å². The molecular weight excluding hydrogens is 206 g/mol. The van der Waals surface area contributed by atoms with Gasteiger partial charge in [0, 0.05) is 5.54 Å². The molecule has 4 nitrogen and oxygen atoms in total. The van der Waals surface area contributed by atoms with Gasteiger partial charge in [-0.2, -0.15) is 0 Å². The number of carboxylic acids is 1. The Balaban J connectivity index is 3.12. The topological polar surface area (TPSA) is 60.8 Å². The lowest BCUT2D eigenvalue weighted by molar-refractivity contribution is -0.135. The van der Waals surface area contributed by atoms with Crippen molar-refractivity contribution >= 4 is 11.7 Å². The van der Waals surface area contributed by atoms with Gasteiger partial charge in [0.25, 0.3) is 0 Å². The van der Waals surface area contributed by atoms with Crippen LogP contribution in [0.4, 0.5) is 5.69 Å². The summed E-state index contributed by atoms with van der Waals surface area (Å²) in [5.74, 6) is -0.822. The predicted octanol–water partition coefficient (Wildman–Crippen LogP) is 2.08. The van der Waals surface area contributed by atoms with E-state index in [1.807, 2.05) is 20.8 Å². The second kappa shape index (κ2) is 4.43. The number of benzene rings is 1. The average molecular weight is 223 g/mol. The molecule has 1 aromatic carbocycles. The summed E-state index contributed by atoms with van der Waals surface area (Å²) >= 11 is 0. The highest BCUT2D eigenvalue weighted by molar-refractivity contribution is 5.75. The number of para-hydroxylation sites is 2. The maximum absolute atomic E-state index is 10.8. The molecule has 0 unspecified atom stereocenters. The molecule has 0 aliphatic rings. The normalized spacial score (nSPS) is 11.2. The summed E-state index contributed by atoms with van der Waals surface area (Å²) in [7, 11) is 0. The number of carbonyl (C=O) groups is 1. The Morgan fingerprint density at radius 1 is 1.31 bits per heavy atom. The Morgan fingerprint density at radius 3 is 2.31 bits per heavy atom. The standard InChI is InChI=1S/C12H17NO3/c1-12(2,3)13(8-11(15)16)9-6-4-5-7-10(9)14/h4-7,14H,8H2,1-3H3,(H,15,16). The molecule has 0 aliphatic heterocycles. The molecule has 0 atom stereocenters. The van der Waals surface area contributed by atoms with Crippen LogP contribution in [0.1, 0.15) is 20.8 Å². The molecule has 0 aliphatic carbocycles. The van der Waals surface area contributed by atoms with Gasteiger partial charge in [0.15, 0.2) is 0 Å². The van der Waals surface area contributed by atoms with Gasteiger partial charge in [-0.25, -0.2) is 0 Å². The van der Waals surface area contributed by atoms with E-state index in [-0.39, 0.29) is 17.8 Å². The first kappa shape index (κ1) is 12.4. The summed E-state index contributed by atoms with van der Waals surface area (Å²) < 4.78 is 0. The summed E-state index contributed by atoms with van der Waals surface area (Å²) in [5.41, 5.74) is 0.175. The van der Waals surface area contributed by atoms with Crippen molar-refractivity contribution < 1.29 is 15.0 Å². The van der Waals surface area contributed by atoms with Crippen LogP contribution in [0.5, 0.6) is 5.75 Å². The number of hydrogen-bond acceptors (Lipinski definition) is 3. The fourth-order valence-corrected chi connectivity index (χ4v) is 1.51. The first-order chi connectivity index (χ1) is 7.32. The fraction of sp³-hybridized carbons (Fsp3) is 0.417. The number of nitrogens with zero attached hydrogens (tertiary/aromatic N) is 1. The largest absolute Gasteiger partial charge is 0.506 e. The van der Waals surface area contributed by atoms with Crippen LogP contribution in [0.3, 0.4) is 0 Å². The second-order valence-electron chi connectivity index (χ2n) is 4.64. The minimum Gasteiger partial charge on any atom is -0.506 e. The summed E-state index contributed by atoms with van der Waals surface area (Å²) in [6.45, 7) is 5.58. The zero-order valence-corrected chi connectivity index (χ0v) is 9.77. The molecule has 0 radical (unpaired) electrons. The number of phenols is 1. The Morgan fingerprint density at radius 2 is 1.88 bits per heavy atom. The van der Waals surface area contributed by atoms with Crippen molar-refractivity contribution in [1.29, 1.82) is 0 Å². The van der Waals surface area contributed by atoms with Crippen molar-refractivity contribution in [2.45, 2.75) is 26.3 Å². The molecule has 16 heavy (non-hydrogen) atoms. The van der Waals surface area contributed by atoms with Gasteiger partial charge in [0.2, 0.25) is 0 Å². The maximum atomic E-state index is 10.8.